The number of pyridine rings is 1. The largest absolute Gasteiger partial charge is 0.469 e. The standard InChI is InChI=1S/C21H29N3O2S/c1-17(7-9-19-6-5-14-26-19)23-21(25)18-8-10-20(22-16-18)27-15-13-24-11-3-2-4-12-24/h5-6,8,10,14,16-17H,2-4,7,9,11-13,15H2,1H3,(H,23,25)/t17-/m1/s1. The number of aromatic nitrogens is 1. The summed E-state index contributed by atoms with van der Waals surface area (Å²) in [6, 6.07) is 7.74. The predicted molar refractivity (Wildman–Crippen MR) is 109 cm³/mol. The van der Waals surface area contributed by atoms with E-state index in [1.807, 2.05) is 31.2 Å². The van der Waals surface area contributed by atoms with Crippen LogP contribution in [-0.4, -0.2) is 47.2 Å². The number of hydrogen-bond acceptors (Lipinski definition) is 5. The Bertz CT molecular complexity index is 682. The second kappa shape index (κ2) is 10.5. The molecule has 1 aliphatic rings. The van der Waals surface area contributed by atoms with Crippen molar-refractivity contribution in [2.24, 2.45) is 0 Å². The number of rotatable bonds is 9. The molecular weight excluding hydrogens is 358 g/mol. The van der Waals surface area contributed by atoms with Crippen molar-refractivity contribution in [1.29, 1.82) is 0 Å². The van der Waals surface area contributed by atoms with E-state index < -0.39 is 0 Å². The number of piperidine rings is 1. The van der Waals surface area contributed by atoms with Gasteiger partial charge >= 0.3 is 0 Å². The van der Waals surface area contributed by atoms with Crippen molar-refractivity contribution in [3.8, 4) is 0 Å². The number of hydrogen-bond donors (Lipinski definition) is 1. The van der Waals surface area contributed by atoms with Crippen LogP contribution in [0.4, 0.5) is 0 Å². The monoisotopic (exact) mass is 387 g/mol. The highest BCUT2D eigenvalue weighted by Gasteiger charge is 2.12. The van der Waals surface area contributed by atoms with Crippen LogP contribution in [-0.2, 0) is 6.42 Å². The lowest BCUT2D eigenvalue weighted by atomic mass is 10.1. The molecule has 5 nitrogen and oxygen atoms in total. The van der Waals surface area contributed by atoms with E-state index in [1.54, 1.807) is 24.2 Å². The average molecular weight is 388 g/mol. The van der Waals surface area contributed by atoms with Crippen molar-refractivity contribution in [1.82, 2.24) is 15.2 Å². The normalized spacial score (nSPS) is 16.2. The second-order valence-electron chi connectivity index (χ2n) is 7.13. The first kappa shape index (κ1) is 20.0. The average Bonchev–Trinajstić information content (AvgIpc) is 3.21. The Morgan fingerprint density at radius 3 is 2.85 bits per heavy atom. The van der Waals surface area contributed by atoms with Crippen molar-refractivity contribution < 1.29 is 9.21 Å². The molecule has 1 N–H and O–H groups in total. The van der Waals surface area contributed by atoms with Gasteiger partial charge in [-0.1, -0.05) is 6.42 Å². The van der Waals surface area contributed by atoms with E-state index in [0.29, 0.717) is 5.56 Å². The second-order valence-corrected chi connectivity index (χ2v) is 8.24. The fourth-order valence-corrected chi connectivity index (χ4v) is 4.11. The first-order valence-corrected chi connectivity index (χ1v) is 10.8. The van der Waals surface area contributed by atoms with Gasteiger partial charge in [-0.3, -0.25) is 4.79 Å². The zero-order valence-electron chi connectivity index (χ0n) is 16.0. The van der Waals surface area contributed by atoms with Crippen LogP contribution in [0.5, 0.6) is 0 Å². The highest BCUT2D eigenvalue weighted by Crippen LogP contribution is 2.17. The molecule has 146 valence electrons. The topological polar surface area (TPSA) is 58.4 Å². The summed E-state index contributed by atoms with van der Waals surface area (Å²) in [4.78, 5) is 19.3. The highest BCUT2D eigenvalue weighted by molar-refractivity contribution is 7.99. The number of carbonyl (C=O) groups is 1. The molecule has 2 aromatic rings. The van der Waals surface area contributed by atoms with Gasteiger partial charge in [-0.05, 0) is 63.5 Å². The number of nitrogens with one attached hydrogen (secondary N) is 1. The van der Waals surface area contributed by atoms with Gasteiger partial charge in [0.1, 0.15) is 5.76 Å². The Kier molecular flexibility index (Phi) is 7.78. The number of likely N-dealkylation sites (tertiary alicyclic amines) is 1. The highest BCUT2D eigenvalue weighted by atomic mass is 32.2. The third-order valence-corrected chi connectivity index (χ3v) is 5.81. The molecule has 0 bridgehead atoms. The fraction of sp³-hybridized carbons (Fsp3) is 0.524. The van der Waals surface area contributed by atoms with Crippen LogP contribution in [0.1, 0.15) is 48.7 Å². The summed E-state index contributed by atoms with van der Waals surface area (Å²) in [5, 5.41) is 4.01. The van der Waals surface area contributed by atoms with E-state index >= 15 is 0 Å². The fourth-order valence-electron chi connectivity index (χ4n) is 3.26. The molecule has 0 aliphatic carbocycles. The Labute approximate surface area is 165 Å². The molecule has 0 spiro atoms. The van der Waals surface area contributed by atoms with Gasteiger partial charge in [0, 0.05) is 31.0 Å². The van der Waals surface area contributed by atoms with Crippen LogP contribution in [0.25, 0.3) is 0 Å². The number of amides is 1. The van der Waals surface area contributed by atoms with Gasteiger partial charge in [0.15, 0.2) is 0 Å². The molecule has 27 heavy (non-hydrogen) atoms. The van der Waals surface area contributed by atoms with E-state index in [0.717, 1.165) is 35.9 Å². The zero-order chi connectivity index (χ0) is 18.9. The Balaban J connectivity index is 1.38. The number of carbonyl (C=O) groups excluding carboxylic acids is 1. The van der Waals surface area contributed by atoms with Gasteiger partial charge in [0.2, 0.25) is 0 Å². The summed E-state index contributed by atoms with van der Waals surface area (Å²) in [5.74, 6) is 1.92. The number of furan rings is 1. The molecule has 6 heteroatoms. The minimum Gasteiger partial charge on any atom is -0.469 e. The van der Waals surface area contributed by atoms with Crippen molar-refractivity contribution >= 4 is 17.7 Å². The lowest BCUT2D eigenvalue weighted by Crippen LogP contribution is -2.33. The van der Waals surface area contributed by atoms with E-state index in [4.69, 9.17) is 4.42 Å². The maximum Gasteiger partial charge on any atom is 0.253 e. The van der Waals surface area contributed by atoms with Gasteiger partial charge in [-0.15, -0.1) is 11.8 Å². The Hall–Kier alpha value is -1.79. The third-order valence-electron chi connectivity index (χ3n) is 4.89. The summed E-state index contributed by atoms with van der Waals surface area (Å²) < 4.78 is 5.33. The molecule has 3 rings (SSSR count). The first-order valence-electron chi connectivity index (χ1n) is 9.85. The summed E-state index contributed by atoms with van der Waals surface area (Å²) in [6.07, 6.45) is 9.04. The third kappa shape index (κ3) is 6.70. The van der Waals surface area contributed by atoms with Crippen molar-refractivity contribution in [2.75, 3.05) is 25.4 Å². The van der Waals surface area contributed by atoms with Crippen LogP contribution in [0.2, 0.25) is 0 Å². The van der Waals surface area contributed by atoms with E-state index in [9.17, 15) is 4.79 Å². The summed E-state index contributed by atoms with van der Waals surface area (Å²) >= 11 is 1.76. The smallest absolute Gasteiger partial charge is 0.253 e. The molecule has 3 heterocycles. The van der Waals surface area contributed by atoms with Crippen LogP contribution in [0, 0.1) is 0 Å². The zero-order valence-corrected chi connectivity index (χ0v) is 16.8. The van der Waals surface area contributed by atoms with Gasteiger partial charge in [-0.25, -0.2) is 4.98 Å². The summed E-state index contributed by atoms with van der Waals surface area (Å²) in [6.45, 7) is 5.58. The minimum atomic E-state index is -0.0701. The molecule has 1 fully saturated rings. The van der Waals surface area contributed by atoms with Gasteiger partial charge in [-0.2, -0.15) is 0 Å². The lowest BCUT2D eigenvalue weighted by Gasteiger charge is -2.25. The van der Waals surface area contributed by atoms with E-state index in [2.05, 4.69) is 15.2 Å². The molecule has 0 saturated carbocycles. The van der Waals surface area contributed by atoms with Crippen LogP contribution < -0.4 is 5.32 Å². The molecule has 0 radical (unpaired) electrons. The van der Waals surface area contributed by atoms with Gasteiger partial charge in [0.25, 0.3) is 5.91 Å². The lowest BCUT2D eigenvalue weighted by molar-refractivity contribution is 0.0937. The van der Waals surface area contributed by atoms with Crippen LogP contribution >= 0.6 is 11.8 Å². The molecule has 1 saturated heterocycles. The Morgan fingerprint density at radius 1 is 1.30 bits per heavy atom. The van der Waals surface area contributed by atoms with Crippen molar-refractivity contribution in [3.63, 3.8) is 0 Å². The summed E-state index contributed by atoms with van der Waals surface area (Å²) in [5.41, 5.74) is 0.611. The number of thioether (sulfide) groups is 1. The SMILES string of the molecule is C[C@H](CCc1ccco1)NC(=O)c1ccc(SCCN2CCCCC2)nc1. The molecular formula is C21H29N3O2S. The van der Waals surface area contributed by atoms with Crippen molar-refractivity contribution in [3.05, 3.63) is 48.0 Å². The minimum absolute atomic E-state index is 0.0701. The number of aryl methyl sites for hydroxylation is 1. The van der Waals surface area contributed by atoms with E-state index in [-0.39, 0.29) is 11.9 Å². The van der Waals surface area contributed by atoms with E-state index in [1.165, 1.54) is 32.4 Å². The van der Waals surface area contributed by atoms with Crippen molar-refractivity contribution in [2.45, 2.75) is 50.1 Å². The molecule has 0 aromatic carbocycles. The molecule has 2 aromatic heterocycles. The maximum absolute atomic E-state index is 12.4. The molecule has 0 unspecified atom stereocenters. The van der Waals surface area contributed by atoms with Crippen LogP contribution in [0.3, 0.4) is 0 Å². The number of nitrogens with zero attached hydrogens (tertiary/aromatic N) is 2. The molecule has 1 aliphatic heterocycles. The summed E-state index contributed by atoms with van der Waals surface area (Å²) in [7, 11) is 0. The van der Waals surface area contributed by atoms with Gasteiger partial charge in [0.05, 0.1) is 16.9 Å². The molecule has 1 atom stereocenters. The van der Waals surface area contributed by atoms with Crippen LogP contribution in [0.15, 0.2) is 46.2 Å². The quantitative estimate of drug-likeness (QED) is 0.659. The molecule has 1 amide bonds. The Morgan fingerprint density at radius 2 is 2.15 bits per heavy atom. The van der Waals surface area contributed by atoms with Gasteiger partial charge < -0.3 is 14.6 Å². The maximum atomic E-state index is 12.4. The first-order chi connectivity index (χ1) is 13.2. The predicted octanol–water partition coefficient (Wildman–Crippen LogP) is 4.00.